The van der Waals surface area contributed by atoms with E-state index in [1.807, 2.05) is 0 Å². The molecule has 0 aromatic heterocycles. The number of rotatable bonds is 4. The molecule has 7 nitrogen and oxygen atoms in total. The lowest BCUT2D eigenvalue weighted by Gasteiger charge is -2.22. The zero-order valence-electron chi connectivity index (χ0n) is 14.7. The van der Waals surface area contributed by atoms with Gasteiger partial charge < -0.3 is 9.64 Å². The van der Waals surface area contributed by atoms with Crippen molar-refractivity contribution in [1.29, 1.82) is 0 Å². The van der Waals surface area contributed by atoms with E-state index in [0.717, 1.165) is 6.07 Å². The van der Waals surface area contributed by atoms with Crippen LogP contribution in [-0.4, -0.2) is 32.9 Å². The van der Waals surface area contributed by atoms with Gasteiger partial charge in [-0.15, -0.1) is 0 Å². The van der Waals surface area contributed by atoms with Crippen LogP contribution in [0, 0.1) is 5.82 Å². The van der Waals surface area contributed by atoms with Crippen LogP contribution in [-0.2, 0) is 26.0 Å². The number of esters is 1. The van der Waals surface area contributed by atoms with Crippen molar-refractivity contribution in [3.8, 4) is 0 Å². The highest BCUT2D eigenvalue weighted by atomic mass is 79.9. The Balaban J connectivity index is 1.75. The maximum absolute atomic E-state index is 13.8. The highest BCUT2D eigenvalue weighted by molar-refractivity contribution is 9.10. The molecule has 2 aromatic rings. The molecule has 1 aliphatic heterocycles. The summed E-state index contributed by atoms with van der Waals surface area (Å²) in [6.07, 6.45) is 0.429. The average molecular weight is 471 g/mol. The van der Waals surface area contributed by atoms with Crippen LogP contribution in [0.3, 0.4) is 0 Å². The van der Waals surface area contributed by atoms with Crippen molar-refractivity contribution >= 4 is 43.5 Å². The number of sulfonamides is 1. The molecule has 10 heteroatoms. The zero-order chi connectivity index (χ0) is 20.6. The predicted octanol–water partition coefficient (Wildman–Crippen LogP) is 2.37. The first-order chi connectivity index (χ1) is 13.1. The Labute approximate surface area is 169 Å². The van der Waals surface area contributed by atoms with Gasteiger partial charge in [-0.3, -0.25) is 4.79 Å². The standard InChI is InChI=1S/C18H16BrFN2O5S/c1-10-6-11-7-13(28(21,25)26)3-5-16(11)22(10)17(23)9-27-18(24)14-8-12(19)2-4-15(14)20/h2-5,7-8,10H,6,9H2,1H3,(H2,21,25,26). The Hall–Kier alpha value is -2.30. The van der Waals surface area contributed by atoms with Crippen LogP contribution in [0.4, 0.5) is 10.1 Å². The molecule has 148 valence electrons. The topological polar surface area (TPSA) is 107 Å². The molecule has 1 unspecified atom stereocenters. The first-order valence-electron chi connectivity index (χ1n) is 8.18. The van der Waals surface area contributed by atoms with E-state index < -0.39 is 34.3 Å². The van der Waals surface area contributed by atoms with Gasteiger partial charge in [-0.2, -0.15) is 0 Å². The van der Waals surface area contributed by atoms with Gasteiger partial charge in [0.2, 0.25) is 10.0 Å². The molecular formula is C18H16BrFN2O5S. The Morgan fingerprint density at radius 3 is 2.68 bits per heavy atom. The van der Waals surface area contributed by atoms with Crippen LogP contribution in [0.5, 0.6) is 0 Å². The molecule has 1 amide bonds. The van der Waals surface area contributed by atoms with Crippen LogP contribution in [0.1, 0.15) is 22.8 Å². The third-order valence-electron chi connectivity index (χ3n) is 4.34. The minimum atomic E-state index is -3.85. The number of carbonyl (C=O) groups excluding carboxylic acids is 2. The van der Waals surface area contributed by atoms with E-state index in [1.54, 1.807) is 6.92 Å². The van der Waals surface area contributed by atoms with Crippen molar-refractivity contribution in [3.05, 3.63) is 57.8 Å². The summed E-state index contributed by atoms with van der Waals surface area (Å²) in [6.45, 7) is 1.20. The monoisotopic (exact) mass is 470 g/mol. The lowest BCUT2D eigenvalue weighted by Crippen LogP contribution is -2.38. The molecule has 0 bridgehead atoms. The van der Waals surface area contributed by atoms with Crippen molar-refractivity contribution in [2.24, 2.45) is 5.14 Å². The van der Waals surface area contributed by atoms with Crippen LogP contribution in [0.15, 0.2) is 45.8 Å². The number of hydrogen-bond donors (Lipinski definition) is 1. The second-order valence-electron chi connectivity index (χ2n) is 6.35. The molecule has 0 spiro atoms. The quantitative estimate of drug-likeness (QED) is 0.690. The summed E-state index contributed by atoms with van der Waals surface area (Å²) < 4.78 is 42.2. The van der Waals surface area contributed by atoms with E-state index in [4.69, 9.17) is 9.88 Å². The number of hydrogen-bond acceptors (Lipinski definition) is 5. The summed E-state index contributed by atoms with van der Waals surface area (Å²) in [6, 6.07) is 7.80. The summed E-state index contributed by atoms with van der Waals surface area (Å²) in [5, 5.41) is 5.14. The van der Waals surface area contributed by atoms with Crippen molar-refractivity contribution in [3.63, 3.8) is 0 Å². The molecule has 0 fully saturated rings. The Kier molecular flexibility index (Phi) is 5.55. The largest absolute Gasteiger partial charge is 0.452 e. The van der Waals surface area contributed by atoms with Gasteiger partial charge in [0.25, 0.3) is 5.91 Å². The fourth-order valence-corrected chi connectivity index (χ4v) is 4.02. The lowest BCUT2D eigenvalue weighted by atomic mass is 10.1. The zero-order valence-corrected chi connectivity index (χ0v) is 17.1. The number of benzene rings is 2. The SMILES string of the molecule is CC1Cc2cc(S(N)(=O)=O)ccc2N1C(=O)COC(=O)c1cc(Br)ccc1F. The first-order valence-corrected chi connectivity index (χ1v) is 10.5. The van der Waals surface area contributed by atoms with Crippen LogP contribution in [0.2, 0.25) is 0 Å². The number of ether oxygens (including phenoxy) is 1. The fraction of sp³-hybridized carbons (Fsp3) is 0.222. The molecular weight excluding hydrogens is 455 g/mol. The van der Waals surface area contributed by atoms with Crippen molar-refractivity contribution in [1.82, 2.24) is 0 Å². The molecule has 3 rings (SSSR count). The molecule has 0 aliphatic carbocycles. The second-order valence-corrected chi connectivity index (χ2v) is 8.83. The highest BCUT2D eigenvalue weighted by Crippen LogP contribution is 2.33. The third-order valence-corrected chi connectivity index (χ3v) is 5.74. The van der Waals surface area contributed by atoms with Gasteiger partial charge in [0.15, 0.2) is 6.61 Å². The van der Waals surface area contributed by atoms with Gasteiger partial charge >= 0.3 is 5.97 Å². The Morgan fingerprint density at radius 1 is 1.29 bits per heavy atom. The summed E-state index contributed by atoms with van der Waals surface area (Å²) in [5.74, 6) is -2.21. The normalized spacial score (nSPS) is 16.0. The van der Waals surface area contributed by atoms with E-state index >= 15 is 0 Å². The van der Waals surface area contributed by atoms with Gasteiger partial charge in [-0.25, -0.2) is 22.7 Å². The maximum atomic E-state index is 13.8. The average Bonchev–Trinajstić information content (AvgIpc) is 2.95. The summed E-state index contributed by atoms with van der Waals surface area (Å²) in [7, 11) is -3.85. The summed E-state index contributed by atoms with van der Waals surface area (Å²) >= 11 is 3.14. The first kappa shape index (κ1) is 20.4. The molecule has 2 N–H and O–H groups in total. The van der Waals surface area contributed by atoms with Gasteiger partial charge in [0.05, 0.1) is 10.5 Å². The summed E-state index contributed by atoms with van der Waals surface area (Å²) in [4.78, 5) is 26.1. The number of fused-ring (bicyclic) bond motifs is 1. The molecule has 0 radical (unpaired) electrons. The molecule has 0 saturated carbocycles. The Bertz CT molecular complexity index is 1070. The second kappa shape index (κ2) is 7.61. The van der Waals surface area contributed by atoms with E-state index in [0.29, 0.717) is 22.1 Å². The number of amides is 1. The minimum absolute atomic E-state index is 0.0377. The van der Waals surface area contributed by atoms with Crippen LogP contribution in [0.25, 0.3) is 0 Å². The number of carbonyl (C=O) groups is 2. The molecule has 2 aromatic carbocycles. The van der Waals surface area contributed by atoms with Crippen LogP contribution >= 0.6 is 15.9 Å². The predicted molar refractivity (Wildman–Crippen MR) is 103 cm³/mol. The molecule has 1 heterocycles. The maximum Gasteiger partial charge on any atom is 0.341 e. The van der Waals surface area contributed by atoms with E-state index in [1.165, 1.54) is 35.2 Å². The van der Waals surface area contributed by atoms with Gasteiger partial charge in [-0.05, 0) is 55.3 Å². The summed E-state index contributed by atoms with van der Waals surface area (Å²) in [5.41, 5.74) is 0.890. The number of halogens is 2. The van der Waals surface area contributed by atoms with Crippen LogP contribution < -0.4 is 10.0 Å². The van der Waals surface area contributed by atoms with Crippen molar-refractivity contribution < 1.29 is 27.1 Å². The van der Waals surface area contributed by atoms with Gasteiger partial charge in [-0.1, -0.05) is 15.9 Å². The number of primary sulfonamides is 1. The van der Waals surface area contributed by atoms with Crippen molar-refractivity contribution in [2.45, 2.75) is 24.3 Å². The molecule has 28 heavy (non-hydrogen) atoms. The van der Waals surface area contributed by atoms with Gasteiger partial charge in [0, 0.05) is 16.2 Å². The smallest absolute Gasteiger partial charge is 0.341 e. The minimum Gasteiger partial charge on any atom is -0.452 e. The third kappa shape index (κ3) is 4.08. The van der Waals surface area contributed by atoms with Gasteiger partial charge in [0.1, 0.15) is 5.82 Å². The highest BCUT2D eigenvalue weighted by Gasteiger charge is 2.32. The fourth-order valence-electron chi connectivity index (χ4n) is 3.09. The number of nitrogens with zero attached hydrogens (tertiary/aromatic N) is 1. The number of anilines is 1. The molecule has 1 aliphatic rings. The van der Waals surface area contributed by atoms with Crippen molar-refractivity contribution in [2.75, 3.05) is 11.5 Å². The molecule has 1 atom stereocenters. The van der Waals surface area contributed by atoms with E-state index in [-0.39, 0.29) is 16.5 Å². The lowest BCUT2D eigenvalue weighted by molar-refractivity contribution is -0.122. The number of nitrogens with two attached hydrogens (primary N) is 1. The Morgan fingerprint density at radius 2 is 2.00 bits per heavy atom. The van der Waals surface area contributed by atoms with E-state index in [9.17, 15) is 22.4 Å². The van der Waals surface area contributed by atoms with E-state index in [2.05, 4.69) is 15.9 Å². The molecule has 0 saturated heterocycles.